The van der Waals surface area contributed by atoms with Crippen LogP contribution in [0.25, 0.3) is 11.6 Å². The molecule has 0 bridgehead atoms. The van der Waals surface area contributed by atoms with Crippen molar-refractivity contribution in [3.63, 3.8) is 0 Å². The van der Waals surface area contributed by atoms with E-state index in [0.717, 1.165) is 60.9 Å². The number of carbonyl (C=O) groups is 2. The molecular formula is C25H31N5O3. The van der Waals surface area contributed by atoms with Crippen LogP contribution in [0.4, 0.5) is 10.5 Å². The van der Waals surface area contributed by atoms with Gasteiger partial charge >= 0.3 is 6.09 Å². The van der Waals surface area contributed by atoms with Crippen LogP contribution in [-0.2, 0) is 22.6 Å². The number of piperazine rings is 1. The van der Waals surface area contributed by atoms with Crippen LogP contribution in [0.5, 0.6) is 0 Å². The molecule has 2 aromatic rings. The molecule has 2 amide bonds. The lowest BCUT2D eigenvalue weighted by Crippen LogP contribution is -2.44. The number of benzene rings is 1. The molecule has 8 heteroatoms. The van der Waals surface area contributed by atoms with E-state index in [2.05, 4.69) is 41.0 Å². The maximum atomic E-state index is 12.8. The smallest absolute Gasteiger partial charge is 0.410 e. The van der Waals surface area contributed by atoms with Crippen LogP contribution in [0.3, 0.4) is 0 Å². The van der Waals surface area contributed by atoms with Crippen molar-refractivity contribution in [2.45, 2.75) is 26.9 Å². The third-order valence-electron chi connectivity index (χ3n) is 6.98. The van der Waals surface area contributed by atoms with E-state index in [-0.39, 0.29) is 12.0 Å². The van der Waals surface area contributed by atoms with Gasteiger partial charge in [0.2, 0.25) is 0 Å². The van der Waals surface area contributed by atoms with Crippen LogP contribution in [0.1, 0.15) is 33.6 Å². The predicted octanol–water partition coefficient (Wildman–Crippen LogP) is 2.82. The molecule has 0 aliphatic carbocycles. The highest BCUT2D eigenvalue weighted by molar-refractivity contribution is 6.34. The van der Waals surface area contributed by atoms with Crippen LogP contribution in [0.15, 0.2) is 18.2 Å². The molecule has 5 rings (SSSR count). The summed E-state index contributed by atoms with van der Waals surface area (Å²) in [5.41, 5.74) is 7.93. The fraction of sp³-hybridized carbons (Fsp3) is 0.440. The first-order valence-electron chi connectivity index (χ1n) is 11.6. The number of aromatic nitrogens is 1. The van der Waals surface area contributed by atoms with Crippen molar-refractivity contribution in [3.8, 4) is 0 Å². The van der Waals surface area contributed by atoms with E-state index in [0.29, 0.717) is 25.3 Å². The number of fused-ring (bicyclic) bond motifs is 1. The number of ether oxygens (including phenoxy) is 1. The van der Waals surface area contributed by atoms with Crippen molar-refractivity contribution in [1.29, 1.82) is 0 Å². The second kappa shape index (κ2) is 8.68. The molecule has 2 saturated heterocycles. The number of aryl methyl sites for hydroxylation is 1. The van der Waals surface area contributed by atoms with Gasteiger partial charge in [-0.3, -0.25) is 9.69 Å². The van der Waals surface area contributed by atoms with Gasteiger partial charge in [0.1, 0.15) is 6.61 Å². The van der Waals surface area contributed by atoms with E-state index in [4.69, 9.17) is 4.74 Å². The molecule has 0 radical (unpaired) electrons. The molecule has 0 atom stereocenters. The molecule has 0 unspecified atom stereocenters. The summed E-state index contributed by atoms with van der Waals surface area (Å²) in [6.45, 7) is 11.0. The van der Waals surface area contributed by atoms with Gasteiger partial charge in [0.05, 0.1) is 12.1 Å². The Morgan fingerprint density at radius 2 is 1.85 bits per heavy atom. The fourth-order valence-corrected chi connectivity index (χ4v) is 4.84. The van der Waals surface area contributed by atoms with E-state index in [1.807, 2.05) is 24.3 Å². The summed E-state index contributed by atoms with van der Waals surface area (Å²) in [6, 6.07) is 5.86. The van der Waals surface area contributed by atoms with Crippen molar-refractivity contribution in [2.24, 2.45) is 0 Å². The number of nitrogens with zero attached hydrogens (tertiary/aromatic N) is 3. The molecule has 2 fully saturated rings. The molecule has 0 saturated carbocycles. The zero-order chi connectivity index (χ0) is 23.1. The number of hydrogen-bond acceptors (Lipinski definition) is 5. The molecule has 3 aliphatic rings. The lowest BCUT2D eigenvalue weighted by molar-refractivity contribution is -0.110. The Morgan fingerprint density at radius 3 is 2.58 bits per heavy atom. The summed E-state index contributed by atoms with van der Waals surface area (Å²) < 4.78 is 5.03. The second-order valence-corrected chi connectivity index (χ2v) is 9.27. The van der Waals surface area contributed by atoms with Crippen LogP contribution < -0.4 is 5.32 Å². The molecule has 0 spiro atoms. The topological polar surface area (TPSA) is 80.9 Å². The predicted molar refractivity (Wildman–Crippen MR) is 128 cm³/mol. The van der Waals surface area contributed by atoms with Crippen molar-refractivity contribution in [3.05, 3.63) is 51.8 Å². The highest BCUT2D eigenvalue weighted by Gasteiger charge is 2.27. The van der Waals surface area contributed by atoms with Gasteiger partial charge in [-0.2, -0.15) is 0 Å². The number of carbonyl (C=O) groups excluding carboxylic acids is 2. The number of amides is 2. The third kappa shape index (κ3) is 4.28. The van der Waals surface area contributed by atoms with E-state index in [1.54, 1.807) is 4.90 Å². The Morgan fingerprint density at radius 1 is 1.06 bits per heavy atom. The van der Waals surface area contributed by atoms with Crippen molar-refractivity contribution < 1.29 is 14.3 Å². The molecule has 1 aromatic carbocycles. The quantitative estimate of drug-likeness (QED) is 0.686. The maximum absolute atomic E-state index is 12.8. The van der Waals surface area contributed by atoms with Crippen molar-refractivity contribution in [2.75, 3.05) is 51.7 Å². The first kappa shape index (κ1) is 21.7. The zero-order valence-electron chi connectivity index (χ0n) is 19.5. The fourth-order valence-electron chi connectivity index (χ4n) is 4.84. The summed E-state index contributed by atoms with van der Waals surface area (Å²) >= 11 is 0. The van der Waals surface area contributed by atoms with E-state index in [9.17, 15) is 9.59 Å². The number of hydrogen-bond donors (Lipinski definition) is 2. The second-order valence-electron chi connectivity index (χ2n) is 9.27. The number of aromatic amines is 1. The third-order valence-corrected chi connectivity index (χ3v) is 6.98. The molecule has 33 heavy (non-hydrogen) atoms. The summed E-state index contributed by atoms with van der Waals surface area (Å²) in [6.07, 6.45) is 1.68. The first-order valence-corrected chi connectivity index (χ1v) is 11.6. The van der Waals surface area contributed by atoms with Gasteiger partial charge in [-0.25, -0.2) is 4.79 Å². The summed E-state index contributed by atoms with van der Waals surface area (Å²) in [5.74, 6) is -0.102. The van der Waals surface area contributed by atoms with Gasteiger partial charge < -0.3 is 24.8 Å². The summed E-state index contributed by atoms with van der Waals surface area (Å²) in [4.78, 5) is 34.7. The minimum absolute atomic E-state index is 0.102. The van der Waals surface area contributed by atoms with Crippen LogP contribution in [-0.4, -0.2) is 78.1 Å². The van der Waals surface area contributed by atoms with E-state index in [1.165, 1.54) is 11.1 Å². The lowest BCUT2D eigenvalue weighted by atomic mass is 10.0. The van der Waals surface area contributed by atoms with Gasteiger partial charge in [0.15, 0.2) is 0 Å². The zero-order valence-corrected chi connectivity index (χ0v) is 19.5. The standard InChI is InChI=1S/C25H31N5O3/c1-16-21(15-29-8-6-28(3)7-9-29)17(2)26-23(16)13-20-19-12-18(4-5-22(19)27-24(20)31)14-30-10-11-33-25(30)32/h4-5,12-13,26H,6-11,14-15H2,1-3H3,(H,27,31). The highest BCUT2D eigenvalue weighted by atomic mass is 16.6. The Labute approximate surface area is 194 Å². The Hall–Kier alpha value is -3.10. The molecule has 1 aromatic heterocycles. The molecule has 4 heterocycles. The van der Waals surface area contributed by atoms with Crippen molar-refractivity contribution >= 4 is 29.3 Å². The summed E-state index contributed by atoms with van der Waals surface area (Å²) in [7, 11) is 2.17. The Bertz CT molecular complexity index is 1130. The number of rotatable bonds is 5. The molecule has 3 aliphatic heterocycles. The number of cyclic esters (lactones) is 1. The maximum Gasteiger partial charge on any atom is 0.410 e. The van der Waals surface area contributed by atoms with E-state index < -0.39 is 0 Å². The van der Waals surface area contributed by atoms with E-state index >= 15 is 0 Å². The molecule has 2 N–H and O–H groups in total. The summed E-state index contributed by atoms with van der Waals surface area (Å²) in [5, 5.41) is 2.97. The van der Waals surface area contributed by atoms with Gasteiger partial charge in [-0.05, 0) is 55.8 Å². The Kier molecular flexibility index (Phi) is 5.72. The number of anilines is 1. The number of likely N-dealkylation sites (N-methyl/N-ethyl adjacent to an activating group) is 1. The van der Waals surface area contributed by atoms with Crippen LogP contribution >= 0.6 is 0 Å². The minimum atomic E-state index is -0.286. The first-order chi connectivity index (χ1) is 15.9. The van der Waals surface area contributed by atoms with Gasteiger partial charge in [-0.15, -0.1) is 0 Å². The van der Waals surface area contributed by atoms with Gasteiger partial charge in [0, 0.05) is 61.9 Å². The Balaban J connectivity index is 1.40. The van der Waals surface area contributed by atoms with Crippen molar-refractivity contribution in [1.82, 2.24) is 19.7 Å². The molecule has 174 valence electrons. The van der Waals surface area contributed by atoms with Crippen LogP contribution in [0.2, 0.25) is 0 Å². The lowest BCUT2D eigenvalue weighted by Gasteiger charge is -2.32. The van der Waals surface area contributed by atoms with Crippen LogP contribution in [0, 0.1) is 13.8 Å². The van der Waals surface area contributed by atoms with Gasteiger partial charge in [0.25, 0.3) is 5.91 Å². The largest absolute Gasteiger partial charge is 0.448 e. The molecule has 8 nitrogen and oxygen atoms in total. The normalized spacial score (nSPS) is 20.5. The highest BCUT2D eigenvalue weighted by Crippen LogP contribution is 2.35. The average Bonchev–Trinajstić information content (AvgIpc) is 3.42. The average molecular weight is 450 g/mol. The number of H-pyrrole nitrogens is 1. The SMILES string of the molecule is Cc1[nH]c(C=C2C(=O)Nc3ccc(CN4CCOC4=O)cc32)c(C)c1CN1CCN(C)CC1. The van der Waals surface area contributed by atoms with Gasteiger partial charge in [-0.1, -0.05) is 6.07 Å². The molecular weight excluding hydrogens is 418 g/mol. The minimum Gasteiger partial charge on any atom is -0.448 e. The monoisotopic (exact) mass is 449 g/mol. The number of nitrogens with one attached hydrogen (secondary N) is 2.